The van der Waals surface area contributed by atoms with Crippen molar-refractivity contribution in [2.24, 2.45) is 0 Å². The zero-order chi connectivity index (χ0) is 18.0. The quantitative estimate of drug-likeness (QED) is 0.763. The van der Waals surface area contributed by atoms with Crippen LogP contribution in [0.5, 0.6) is 11.5 Å². The summed E-state index contributed by atoms with van der Waals surface area (Å²) in [5.74, 6) is 0.930. The number of fused-ring (bicyclic) bond motifs is 1. The van der Waals surface area contributed by atoms with Gasteiger partial charge in [0.25, 0.3) is 0 Å². The molecule has 0 radical (unpaired) electrons. The summed E-state index contributed by atoms with van der Waals surface area (Å²) in [4.78, 5) is 4.19. The van der Waals surface area contributed by atoms with Gasteiger partial charge in [-0.3, -0.25) is 0 Å². The van der Waals surface area contributed by atoms with Gasteiger partial charge in [0, 0.05) is 34.8 Å². The number of hydrogen-bond donors (Lipinski definition) is 1. The van der Waals surface area contributed by atoms with Crippen molar-refractivity contribution in [1.29, 1.82) is 0 Å². The fourth-order valence-corrected chi connectivity index (χ4v) is 2.58. The number of nitrogens with one attached hydrogen (secondary N) is 1. The lowest BCUT2D eigenvalue weighted by atomic mass is 10.0. The van der Waals surface area contributed by atoms with E-state index < -0.39 is 5.82 Å². The Bertz CT molecular complexity index is 915. The Labute approximate surface area is 145 Å². The molecular formula is C18H19FN4O2. The Morgan fingerprint density at radius 2 is 1.76 bits per heavy atom. The van der Waals surface area contributed by atoms with Crippen LogP contribution in [0.3, 0.4) is 0 Å². The fraction of sp³-hybridized carbons (Fsp3) is 0.278. The average molecular weight is 342 g/mol. The number of aromatic nitrogens is 3. The molecule has 7 heteroatoms. The second-order valence-corrected chi connectivity index (χ2v) is 5.84. The normalized spacial score (nSPS) is 11.0. The number of hydrogen-bond acceptors (Lipinski definition) is 6. The highest BCUT2D eigenvalue weighted by Gasteiger charge is 2.14. The van der Waals surface area contributed by atoms with E-state index in [1.165, 1.54) is 6.07 Å². The van der Waals surface area contributed by atoms with Gasteiger partial charge >= 0.3 is 0 Å². The molecule has 0 unspecified atom stereocenters. The number of halogens is 1. The third kappa shape index (κ3) is 3.31. The molecule has 0 aliphatic heterocycles. The highest BCUT2D eigenvalue weighted by atomic mass is 19.1. The van der Waals surface area contributed by atoms with Gasteiger partial charge in [-0.15, -0.1) is 0 Å². The Balaban J connectivity index is 2.14. The summed E-state index contributed by atoms with van der Waals surface area (Å²) in [5, 5.41) is 11.9. The standard InChI is InChI=1S/C18H19FN4O2/c1-10(2)22-18-14(19)5-11(8-20-18)13-9-21-23-15-7-17(25-4)16(24-3)6-12(13)15/h5-10H,1-4H3,(H,20,22). The van der Waals surface area contributed by atoms with Crippen molar-refractivity contribution < 1.29 is 13.9 Å². The lowest BCUT2D eigenvalue weighted by molar-refractivity contribution is 0.356. The van der Waals surface area contributed by atoms with Crippen molar-refractivity contribution >= 4 is 16.7 Å². The van der Waals surface area contributed by atoms with Crippen molar-refractivity contribution in [2.75, 3.05) is 19.5 Å². The molecule has 0 bridgehead atoms. The Kier molecular flexibility index (Phi) is 4.65. The van der Waals surface area contributed by atoms with Crippen LogP contribution in [0, 0.1) is 5.82 Å². The second-order valence-electron chi connectivity index (χ2n) is 5.84. The molecule has 0 amide bonds. The monoisotopic (exact) mass is 342 g/mol. The molecule has 0 saturated heterocycles. The molecule has 130 valence electrons. The van der Waals surface area contributed by atoms with E-state index in [1.807, 2.05) is 13.8 Å². The van der Waals surface area contributed by atoms with Crippen LogP contribution in [0.15, 0.2) is 30.6 Å². The smallest absolute Gasteiger partial charge is 0.166 e. The van der Waals surface area contributed by atoms with Gasteiger partial charge in [-0.05, 0) is 26.0 Å². The van der Waals surface area contributed by atoms with Crippen LogP contribution in [0.2, 0.25) is 0 Å². The van der Waals surface area contributed by atoms with E-state index >= 15 is 0 Å². The van der Waals surface area contributed by atoms with Gasteiger partial charge in [0.1, 0.15) is 0 Å². The zero-order valence-corrected chi connectivity index (χ0v) is 14.5. The molecule has 25 heavy (non-hydrogen) atoms. The first-order valence-electron chi connectivity index (χ1n) is 7.83. The Morgan fingerprint density at radius 1 is 1.04 bits per heavy atom. The molecule has 6 nitrogen and oxygen atoms in total. The molecule has 0 fully saturated rings. The van der Waals surface area contributed by atoms with Crippen molar-refractivity contribution in [3.05, 3.63) is 36.4 Å². The lowest BCUT2D eigenvalue weighted by Gasteiger charge is -2.13. The Hall–Kier alpha value is -2.96. The molecule has 0 spiro atoms. The SMILES string of the molecule is COc1cc2nncc(-c3cnc(NC(C)C)c(F)c3)c2cc1OC. The van der Waals surface area contributed by atoms with E-state index in [2.05, 4.69) is 20.5 Å². The molecule has 2 heterocycles. The van der Waals surface area contributed by atoms with Gasteiger partial charge in [-0.25, -0.2) is 9.37 Å². The van der Waals surface area contributed by atoms with Crippen molar-refractivity contribution in [3.63, 3.8) is 0 Å². The van der Waals surface area contributed by atoms with E-state index in [0.29, 0.717) is 28.1 Å². The summed E-state index contributed by atoms with van der Waals surface area (Å²) in [6.45, 7) is 3.85. The van der Waals surface area contributed by atoms with Gasteiger partial charge < -0.3 is 14.8 Å². The highest BCUT2D eigenvalue weighted by Crippen LogP contribution is 2.35. The number of pyridine rings is 1. The first kappa shape index (κ1) is 16.9. The summed E-state index contributed by atoms with van der Waals surface area (Å²) in [7, 11) is 3.12. The third-order valence-electron chi connectivity index (χ3n) is 3.72. The third-order valence-corrected chi connectivity index (χ3v) is 3.72. The molecule has 3 aromatic rings. The second kappa shape index (κ2) is 6.88. The topological polar surface area (TPSA) is 69.2 Å². The van der Waals surface area contributed by atoms with E-state index in [-0.39, 0.29) is 11.9 Å². The number of anilines is 1. The van der Waals surface area contributed by atoms with Crippen LogP contribution in [-0.4, -0.2) is 35.4 Å². The minimum atomic E-state index is -0.420. The molecule has 1 aromatic carbocycles. The van der Waals surface area contributed by atoms with E-state index in [0.717, 1.165) is 5.39 Å². The molecule has 2 aromatic heterocycles. The zero-order valence-electron chi connectivity index (χ0n) is 14.5. The van der Waals surface area contributed by atoms with Crippen LogP contribution in [0.25, 0.3) is 22.0 Å². The molecule has 3 rings (SSSR count). The number of methoxy groups -OCH3 is 2. The maximum atomic E-state index is 14.4. The number of ether oxygens (including phenoxy) is 2. The molecule has 0 aliphatic carbocycles. The summed E-state index contributed by atoms with van der Waals surface area (Å²) < 4.78 is 25.0. The molecular weight excluding hydrogens is 323 g/mol. The molecule has 0 aliphatic rings. The predicted octanol–water partition coefficient (Wildman–Crippen LogP) is 3.67. The fourth-order valence-electron chi connectivity index (χ4n) is 2.58. The van der Waals surface area contributed by atoms with Crippen LogP contribution >= 0.6 is 0 Å². The lowest BCUT2D eigenvalue weighted by Crippen LogP contribution is -2.12. The molecule has 1 N–H and O–H groups in total. The van der Waals surface area contributed by atoms with Gasteiger partial charge in [-0.1, -0.05) is 0 Å². The van der Waals surface area contributed by atoms with Crippen LogP contribution < -0.4 is 14.8 Å². The molecule has 0 atom stereocenters. The average Bonchev–Trinajstić information content (AvgIpc) is 2.61. The van der Waals surface area contributed by atoms with Crippen LogP contribution in [0.4, 0.5) is 10.2 Å². The number of nitrogens with zero attached hydrogens (tertiary/aromatic N) is 3. The van der Waals surface area contributed by atoms with Gasteiger partial charge in [0.05, 0.1) is 25.9 Å². The summed E-state index contributed by atoms with van der Waals surface area (Å²) in [5.41, 5.74) is 1.95. The number of rotatable bonds is 5. The minimum Gasteiger partial charge on any atom is -0.493 e. The van der Waals surface area contributed by atoms with Gasteiger partial charge in [0.2, 0.25) is 0 Å². The highest BCUT2D eigenvalue weighted by molar-refractivity contribution is 5.95. The van der Waals surface area contributed by atoms with Crippen molar-refractivity contribution in [3.8, 4) is 22.6 Å². The van der Waals surface area contributed by atoms with E-state index in [9.17, 15) is 4.39 Å². The maximum absolute atomic E-state index is 14.4. The van der Waals surface area contributed by atoms with E-state index in [4.69, 9.17) is 9.47 Å². The minimum absolute atomic E-state index is 0.0907. The number of benzene rings is 1. The van der Waals surface area contributed by atoms with Crippen LogP contribution in [-0.2, 0) is 0 Å². The summed E-state index contributed by atoms with van der Waals surface area (Å²) in [6, 6.07) is 5.07. The van der Waals surface area contributed by atoms with Crippen molar-refractivity contribution in [2.45, 2.75) is 19.9 Å². The maximum Gasteiger partial charge on any atom is 0.166 e. The van der Waals surface area contributed by atoms with Gasteiger partial charge in [0.15, 0.2) is 23.1 Å². The van der Waals surface area contributed by atoms with E-state index in [1.54, 1.807) is 38.7 Å². The first-order valence-corrected chi connectivity index (χ1v) is 7.83. The summed E-state index contributed by atoms with van der Waals surface area (Å²) in [6.07, 6.45) is 3.20. The van der Waals surface area contributed by atoms with Crippen molar-refractivity contribution in [1.82, 2.24) is 15.2 Å². The Morgan fingerprint density at radius 3 is 2.40 bits per heavy atom. The van der Waals surface area contributed by atoms with Gasteiger partial charge in [-0.2, -0.15) is 10.2 Å². The first-order chi connectivity index (χ1) is 12.0. The van der Waals surface area contributed by atoms with Crippen LogP contribution in [0.1, 0.15) is 13.8 Å². The molecule has 0 saturated carbocycles. The summed E-state index contributed by atoms with van der Waals surface area (Å²) >= 11 is 0. The predicted molar refractivity (Wildman–Crippen MR) is 94.6 cm³/mol. The largest absolute Gasteiger partial charge is 0.493 e.